The van der Waals surface area contributed by atoms with Crippen molar-refractivity contribution in [2.45, 2.75) is 32.4 Å². The Morgan fingerprint density at radius 3 is 2.47 bits per heavy atom. The molecule has 0 radical (unpaired) electrons. The predicted molar refractivity (Wildman–Crippen MR) is 128 cm³/mol. The van der Waals surface area contributed by atoms with Crippen molar-refractivity contribution in [2.75, 3.05) is 13.1 Å². The maximum absolute atomic E-state index is 13.5. The van der Waals surface area contributed by atoms with Crippen molar-refractivity contribution in [3.8, 4) is 17.1 Å². The highest BCUT2D eigenvalue weighted by atomic mass is 19.1. The van der Waals surface area contributed by atoms with Gasteiger partial charge in [-0.05, 0) is 61.7 Å². The summed E-state index contributed by atoms with van der Waals surface area (Å²) in [5.74, 6) is 0.806. The molecule has 0 atom stereocenters. The summed E-state index contributed by atoms with van der Waals surface area (Å²) in [5.41, 5.74) is 2.86. The molecule has 1 N–H and O–H groups in total. The fraction of sp³-hybridized carbons (Fsp3) is 0.259. The van der Waals surface area contributed by atoms with Crippen LogP contribution >= 0.6 is 0 Å². The third-order valence-corrected chi connectivity index (χ3v) is 6.18. The number of halogens is 1. The highest BCUT2D eigenvalue weighted by Gasteiger charge is 2.24. The minimum atomic E-state index is -0.342. The van der Waals surface area contributed by atoms with E-state index in [0.717, 1.165) is 38.2 Å². The molecule has 0 unspecified atom stereocenters. The van der Waals surface area contributed by atoms with Crippen molar-refractivity contribution >= 4 is 5.91 Å². The summed E-state index contributed by atoms with van der Waals surface area (Å²) in [7, 11) is 0. The predicted octanol–water partition coefficient (Wildman–Crippen LogP) is 4.97. The molecule has 174 valence electrons. The second-order valence-corrected chi connectivity index (χ2v) is 8.72. The van der Waals surface area contributed by atoms with Crippen LogP contribution in [0.25, 0.3) is 17.1 Å². The summed E-state index contributed by atoms with van der Waals surface area (Å²) < 4.78 is 20.7. The van der Waals surface area contributed by atoms with Crippen molar-refractivity contribution in [2.24, 2.45) is 0 Å². The van der Waals surface area contributed by atoms with Gasteiger partial charge in [-0.1, -0.05) is 30.3 Å². The van der Waals surface area contributed by atoms with Gasteiger partial charge in [-0.2, -0.15) is 5.10 Å². The minimum absolute atomic E-state index is 0.0883. The highest BCUT2D eigenvalue weighted by Crippen LogP contribution is 2.24. The minimum Gasteiger partial charge on any atom is -0.460 e. The SMILES string of the molecule is Cc1ccc(-c2cc(C(=O)NC3CCN(Cc4ccccc4)CC3)n(-c3ccc(F)cc3)n2)o1. The molecule has 1 aliphatic heterocycles. The Kier molecular flexibility index (Phi) is 6.27. The number of piperidine rings is 1. The van der Waals surface area contributed by atoms with E-state index in [2.05, 4.69) is 39.6 Å². The summed E-state index contributed by atoms with van der Waals surface area (Å²) in [5, 5.41) is 7.78. The van der Waals surface area contributed by atoms with Gasteiger partial charge in [-0.15, -0.1) is 0 Å². The number of nitrogens with one attached hydrogen (secondary N) is 1. The van der Waals surface area contributed by atoms with Crippen LogP contribution in [0.2, 0.25) is 0 Å². The monoisotopic (exact) mass is 458 g/mol. The normalized spacial score (nSPS) is 14.9. The summed E-state index contributed by atoms with van der Waals surface area (Å²) >= 11 is 0. The molecule has 1 amide bonds. The molecule has 34 heavy (non-hydrogen) atoms. The average Bonchev–Trinajstić information content (AvgIpc) is 3.48. The number of benzene rings is 2. The van der Waals surface area contributed by atoms with Crippen molar-refractivity contribution < 1.29 is 13.6 Å². The Morgan fingerprint density at radius 2 is 1.79 bits per heavy atom. The molecule has 1 aliphatic rings. The number of hydrogen-bond acceptors (Lipinski definition) is 4. The lowest BCUT2D eigenvalue weighted by Gasteiger charge is -2.32. The van der Waals surface area contributed by atoms with Gasteiger partial charge in [0.15, 0.2) is 5.76 Å². The second kappa shape index (κ2) is 9.65. The van der Waals surface area contributed by atoms with Crippen LogP contribution in [-0.4, -0.2) is 39.7 Å². The molecule has 5 rings (SSSR count). The van der Waals surface area contributed by atoms with E-state index in [9.17, 15) is 9.18 Å². The molecule has 1 fully saturated rings. The van der Waals surface area contributed by atoms with E-state index in [1.165, 1.54) is 17.7 Å². The number of aryl methyl sites for hydroxylation is 1. The zero-order valence-electron chi connectivity index (χ0n) is 19.1. The number of hydrogen-bond donors (Lipinski definition) is 1. The largest absolute Gasteiger partial charge is 0.460 e. The summed E-state index contributed by atoms with van der Waals surface area (Å²) in [4.78, 5) is 15.7. The van der Waals surface area contributed by atoms with Gasteiger partial charge in [0.1, 0.15) is 23.0 Å². The first-order chi connectivity index (χ1) is 16.5. The van der Waals surface area contributed by atoms with E-state index in [-0.39, 0.29) is 17.8 Å². The third-order valence-electron chi connectivity index (χ3n) is 6.18. The average molecular weight is 459 g/mol. The molecular formula is C27H27FN4O2. The van der Waals surface area contributed by atoms with Crippen molar-refractivity contribution in [1.29, 1.82) is 0 Å². The number of carbonyl (C=O) groups is 1. The summed E-state index contributed by atoms with van der Waals surface area (Å²) in [6, 6.07) is 21.9. The number of carbonyl (C=O) groups excluding carboxylic acids is 1. The number of amides is 1. The third kappa shape index (κ3) is 4.94. The first-order valence-electron chi connectivity index (χ1n) is 11.5. The van der Waals surface area contributed by atoms with Gasteiger partial charge in [0.25, 0.3) is 5.91 Å². The Bertz CT molecular complexity index is 1260. The first kappa shape index (κ1) is 22.1. The molecule has 0 spiro atoms. The van der Waals surface area contributed by atoms with Crippen molar-refractivity contribution in [1.82, 2.24) is 20.0 Å². The lowest BCUT2D eigenvalue weighted by Crippen LogP contribution is -2.44. The number of likely N-dealkylation sites (tertiary alicyclic amines) is 1. The molecule has 0 saturated carbocycles. The molecule has 4 aromatic rings. The van der Waals surface area contributed by atoms with Crippen LogP contribution in [-0.2, 0) is 6.54 Å². The lowest BCUT2D eigenvalue weighted by molar-refractivity contribution is 0.0901. The van der Waals surface area contributed by atoms with E-state index in [1.807, 2.05) is 25.1 Å². The van der Waals surface area contributed by atoms with E-state index in [4.69, 9.17) is 4.42 Å². The smallest absolute Gasteiger partial charge is 0.270 e. The molecule has 0 bridgehead atoms. The molecule has 0 aliphatic carbocycles. The number of rotatable bonds is 6. The number of aromatic nitrogens is 2. The maximum Gasteiger partial charge on any atom is 0.270 e. The van der Waals surface area contributed by atoms with Gasteiger partial charge < -0.3 is 9.73 Å². The highest BCUT2D eigenvalue weighted by molar-refractivity contribution is 5.94. The summed E-state index contributed by atoms with van der Waals surface area (Å²) in [6.07, 6.45) is 1.76. The van der Waals surface area contributed by atoms with Crippen molar-refractivity contribution in [3.63, 3.8) is 0 Å². The van der Waals surface area contributed by atoms with Gasteiger partial charge in [-0.25, -0.2) is 9.07 Å². The molecule has 2 aromatic carbocycles. The molecule has 1 saturated heterocycles. The Morgan fingerprint density at radius 1 is 1.06 bits per heavy atom. The molecule has 7 heteroatoms. The first-order valence-corrected chi connectivity index (χ1v) is 11.5. The fourth-order valence-electron chi connectivity index (χ4n) is 4.35. The van der Waals surface area contributed by atoms with Crippen molar-refractivity contribution in [3.05, 3.63) is 95.6 Å². The van der Waals surface area contributed by atoms with Gasteiger partial charge in [0.2, 0.25) is 0 Å². The van der Waals surface area contributed by atoms with Gasteiger partial charge in [0, 0.05) is 31.7 Å². The van der Waals surface area contributed by atoms with E-state index in [1.54, 1.807) is 22.9 Å². The molecule has 6 nitrogen and oxygen atoms in total. The zero-order chi connectivity index (χ0) is 23.5. The van der Waals surface area contributed by atoms with Crippen LogP contribution in [0.1, 0.15) is 34.7 Å². The topological polar surface area (TPSA) is 63.3 Å². The Hall–Kier alpha value is -3.71. The van der Waals surface area contributed by atoms with Crippen LogP contribution < -0.4 is 5.32 Å². The number of nitrogens with zero attached hydrogens (tertiary/aromatic N) is 3. The fourth-order valence-corrected chi connectivity index (χ4v) is 4.35. The van der Waals surface area contributed by atoms with Crippen LogP contribution in [0.15, 0.2) is 77.2 Å². The van der Waals surface area contributed by atoms with Gasteiger partial charge in [-0.3, -0.25) is 9.69 Å². The van der Waals surface area contributed by atoms with E-state index < -0.39 is 0 Å². The summed E-state index contributed by atoms with van der Waals surface area (Å²) in [6.45, 7) is 4.63. The lowest BCUT2D eigenvalue weighted by atomic mass is 10.0. The van der Waals surface area contributed by atoms with Crippen LogP contribution in [0.3, 0.4) is 0 Å². The molecule has 3 heterocycles. The van der Waals surface area contributed by atoms with E-state index >= 15 is 0 Å². The van der Waals surface area contributed by atoms with Gasteiger partial charge >= 0.3 is 0 Å². The molecular weight excluding hydrogens is 431 g/mol. The van der Waals surface area contributed by atoms with Crippen LogP contribution in [0.4, 0.5) is 4.39 Å². The standard InChI is InChI=1S/C27H27FN4O2/c1-19-7-12-26(34-19)24-17-25(32(30-24)23-10-8-21(28)9-11-23)27(33)29-22-13-15-31(16-14-22)18-20-5-3-2-4-6-20/h2-12,17,22H,13-16,18H2,1H3,(H,29,33). The van der Waals surface area contributed by atoms with E-state index in [0.29, 0.717) is 22.8 Å². The zero-order valence-corrected chi connectivity index (χ0v) is 19.1. The number of furan rings is 1. The Balaban J connectivity index is 1.31. The quantitative estimate of drug-likeness (QED) is 0.443. The molecule has 2 aromatic heterocycles. The van der Waals surface area contributed by atoms with Crippen LogP contribution in [0.5, 0.6) is 0 Å². The Labute approximate surface area is 198 Å². The second-order valence-electron chi connectivity index (χ2n) is 8.72. The maximum atomic E-state index is 13.5. The van der Waals surface area contributed by atoms with Gasteiger partial charge in [0.05, 0.1) is 5.69 Å². The van der Waals surface area contributed by atoms with Crippen LogP contribution in [0, 0.1) is 12.7 Å².